The molecule has 0 unspecified atom stereocenters. The summed E-state index contributed by atoms with van der Waals surface area (Å²) < 4.78 is 32.8. The van der Waals surface area contributed by atoms with Crippen molar-refractivity contribution in [2.75, 3.05) is 23.3 Å². The molecule has 158 valence electrons. The second kappa shape index (κ2) is 8.65. The minimum absolute atomic E-state index is 0.187. The number of ether oxygens (including phenoxy) is 1. The summed E-state index contributed by atoms with van der Waals surface area (Å²) in [6.45, 7) is 0.425. The molecule has 3 aromatic rings. The highest BCUT2D eigenvalue weighted by Gasteiger charge is 2.30. The van der Waals surface area contributed by atoms with Gasteiger partial charge in [-0.1, -0.05) is 36.4 Å². The summed E-state index contributed by atoms with van der Waals surface area (Å²) in [5, 5.41) is 2.74. The van der Waals surface area contributed by atoms with Crippen LogP contribution in [0.15, 0.2) is 83.8 Å². The predicted octanol–water partition coefficient (Wildman–Crippen LogP) is 4.10. The monoisotopic (exact) mass is 434 g/mol. The van der Waals surface area contributed by atoms with Crippen LogP contribution in [-0.4, -0.2) is 28.0 Å². The van der Waals surface area contributed by atoms with Crippen molar-refractivity contribution in [3.63, 3.8) is 0 Å². The van der Waals surface area contributed by atoms with Gasteiger partial charge in [0.15, 0.2) is 0 Å². The molecule has 0 atom stereocenters. The molecule has 31 heavy (non-hydrogen) atoms. The topological polar surface area (TPSA) is 75.7 Å². The first-order valence-corrected chi connectivity index (χ1v) is 11.3. The van der Waals surface area contributed by atoms with Gasteiger partial charge in [-0.05, 0) is 54.5 Å². The SMILES string of the molecule is COc1ccccc1C=CC(=O)Nc1ccc(S(=O)(=O)N2CCc3ccccc32)cc1. The summed E-state index contributed by atoms with van der Waals surface area (Å²) in [6.07, 6.45) is 3.77. The maximum absolute atomic E-state index is 13.1. The van der Waals surface area contributed by atoms with Crippen LogP contribution >= 0.6 is 0 Å². The lowest BCUT2D eigenvalue weighted by Crippen LogP contribution is -2.29. The zero-order valence-electron chi connectivity index (χ0n) is 17.0. The van der Waals surface area contributed by atoms with Crippen molar-refractivity contribution < 1.29 is 17.9 Å². The molecule has 1 amide bonds. The van der Waals surface area contributed by atoms with Gasteiger partial charge >= 0.3 is 0 Å². The summed E-state index contributed by atoms with van der Waals surface area (Å²) in [4.78, 5) is 12.4. The Labute approximate surface area is 181 Å². The van der Waals surface area contributed by atoms with Crippen molar-refractivity contribution in [3.05, 3.63) is 90.0 Å². The Hall–Kier alpha value is -3.58. The highest BCUT2D eigenvalue weighted by Crippen LogP contribution is 2.32. The summed E-state index contributed by atoms with van der Waals surface area (Å²) in [5.41, 5.74) is 3.04. The molecule has 0 aliphatic carbocycles. The molecule has 1 N–H and O–H groups in total. The predicted molar refractivity (Wildman–Crippen MR) is 122 cm³/mol. The number of carbonyl (C=O) groups is 1. The molecule has 0 saturated carbocycles. The summed E-state index contributed by atoms with van der Waals surface area (Å²) >= 11 is 0. The van der Waals surface area contributed by atoms with Crippen LogP contribution in [0, 0.1) is 0 Å². The summed E-state index contributed by atoms with van der Waals surface area (Å²) in [7, 11) is -2.09. The minimum Gasteiger partial charge on any atom is -0.496 e. The summed E-state index contributed by atoms with van der Waals surface area (Å²) in [5.74, 6) is 0.347. The number of para-hydroxylation sites is 2. The van der Waals surface area contributed by atoms with Gasteiger partial charge in [0, 0.05) is 23.9 Å². The fourth-order valence-electron chi connectivity index (χ4n) is 3.55. The Kier molecular flexibility index (Phi) is 5.77. The van der Waals surface area contributed by atoms with Gasteiger partial charge in [-0.3, -0.25) is 9.10 Å². The van der Waals surface area contributed by atoms with E-state index in [4.69, 9.17) is 4.74 Å². The molecular weight excluding hydrogens is 412 g/mol. The van der Waals surface area contributed by atoms with Crippen LogP contribution in [0.1, 0.15) is 11.1 Å². The highest BCUT2D eigenvalue weighted by atomic mass is 32.2. The molecule has 0 aromatic heterocycles. The zero-order valence-corrected chi connectivity index (χ0v) is 17.8. The Morgan fingerprint density at radius 2 is 1.71 bits per heavy atom. The number of hydrogen-bond acceptors (Lipinski definition) is 4. The molecule has 7 heteroatoms. The van der Waals surface area contributed by atoms with E-state index in [0.29, 0.717) is 24.4 Å². The van der Waals surface area contributed by atoms with Crippen molar-refractivity contribution in [2.24, 2.45) is 0 Å². The van der Waals surface area contributed by atoms with Crippen molar-refractivity contribution in [1.82, 2.24) is 0 Å². The van der Waals surface area contributed by atoms with Gasteiger partial charge < -0.3 is 10.1 Å². The average Bonchev–Trinajstić information content (AvgIpc) is 3.23. The maximum atomic E-state index is 13.1. The van der Waals surface area contributed by atoms with E-state index in [1.54, 1.807) is 25.3 Å². The molecule has 0 fully saturated rings. The lowest BCUT2D eigenvalue weighted by atomic mass is 10.2. The van der Waals surface area contributed by atoms with Gasteiger partial charge in [0.25, 0.3) is 10.0 Å². The smallest absolute Gasteiger partial charge is 0.264 e. The third kappa shape index (κ3) is 4.32. The number of nitrogens with one attached hydrogen (secondary N) is 1. The van der Waals surface area contributed by atoms with Crippen LogP contribution < -0.4 is 14.4 Å². The number of rotatable bonds is 6. The first kappa shape index (κ1) is 20.7. The first-order valence-electron chi connectivity index (χ1n) is 9.82. The quantitative estimate of drug-likeness (QED) is 0.593. The largest absolute Gasteiger partial charge is 0.496 e. The van der Waals surface area contributed by atoms with E-state index < -0.39 is 10.0 Å². The van der Waals surface area contributed by atoms with Crippen LogP contribution in [0.25, 0.3) is 6.08 Å². The van der Waals surface area contributed by atoms with E-state index >= 15 is 0 Å². The highest BCUT2D eigenvalue weighted by molar-refractivity contribution is 7.92. The molecule has 4 rings (SSSR count). The average molecular weight is 435 g/mol. The second-order valence-electron chi connectivity index (χ2n) is 7.04. The molecule has 1 heterocycles. The van der Waals surface area contributed by atoms with Crippen molar-refractivity contribution in [2.45, 2.75) is 11.3 Å². The molecule has 3 aromatic carbocycles. The van der Waals surface area contributed by atoms with Gasteiger partial charge in [-0.25, -0.2) is 8.42 Å². The van der Waals surface area contributed by atoms with E-state index in [1.807, 2.05) is 48.5 Å². The van der Waals surface area contributed by atoms with Crippen LogP contribution in [-0.2, 0) is 21.2 Å². The number of benzene rings is 3. The van der Waals surface area contributed by atoms with Crippen LogP contribution in [0.5, 0.6) is 5.75 Å². The van der Waals surface area contributed by atoms with Gasteiger partial charge in [0.2, 0.25) is 5.91 Å². The number of fused-ring (bicyclic) bond motifs is 1. The zero-order chi connectivity index (χ0) is 21.8. The molecule has 0 radical (unpaired) electrons. The number of hydrogen-bond donors (Lipinski definition) is 1. The number of amides is 1. The van der Waals surface area contributed by atoms with Gasteiger partial charge in [-0.15, -0.1) is 0 Å². The van der Waals surface area contributed by atoms with Crippen LogP contribution in [0.3, 0.4) is 0 Å². The molecule has 0 saturated heterocycles. The number of anilines is 2. The Morgan fingerprint density at radius 1 is 1.00 bits per heavy atom. The van der Waals surface area contributed by atoms with E-state index in [1.165, 1.54) is 22.5 Å². The van der Waals surface area contributed by atoms with Crippen molar-refractivity contribution in [1.29, 1.82) is 0 Å². The fourth-order valence-corrected chi connectivity index (χ4v) is 5.05. The Balaban J connectivity index is 1.46. The molecule has 6 nitrogen and oxygen atoms in total. The molecular formula is C24H22N2O4S. The lowest BCUT2D eigenvalue weighted by Gasteiger charge is -2.19. The minimum atomic E-state index is -3.66. The van der Waals surface area contributed by atoms with E-state index in [2.05, 4.69) is 5.32 Å². The standard InChI is InChI=1S/C24H22N2O4S/c1-30-23-9-5-3-7-19(23)10-15-24(27)25-20-11-13-21(14-12-20)31(28,29)26-17-16-18-6-2-4-8-22(18)26/h2-15H,16-17H2,1H3,(H,25,27). The van der Waals surface area contributed by atoms with Crippen LogP contribution in [0.4, 0.5) is 11.4 Å². The summed E-state index contributed by atoms with van der Waals surface area (Å²) in [6, 6.07) is 21.1. The van der Waals surface area contributed by atoms with E-state index in [-0.39, 0.29) is 10.8 Å². The maximum Gasteiger partial charge on any atom is 0.264 e. The second-order valence-corrected chi connectivity index (χ2v) is 8.91. The molecule has 0 spiro atoms. The fraction of sp³-hybridized carbons (Fsp3) is 0.125. The first-order chi connectivity index (χ1) is 15.0. The number of carbonyl (C=O) groups excluding carboxylic acids is 1. The Morgan fingerprint density at radius 3 is 2.48 bits per heavy atom. The number of sulfonamides is 1. The third-order valence-corrected chi connectivity index (χ3v) is 6.94. The number of nitrogens with zero attached hydrogens (tertiary/aromatic N) is 1. The van der Waals surface area contributed by atoms with Gasteiger partial charge in [0.05, 0.1) is 17.7 Å². The third-order valence-electron chi connectivity index (χ3n) is 5.11. The normalized spacial score (nSPS) is 13.3. The molecule has 0 bridgehead atoms. The lowest BCUT2D eigenvalue weighted by molar-refractivity contribution is -0.111. The molecule has 1 aliphatic heterocycles. The molecule has 1 aliphatic rings. The van der Waals surface area contributed by atoms with Crippen molar-refractivity contribution in [3.8, 4) is 5.75 Å². The van der Waals surface area contributed by atoms with Crippen LogP contribution in [0.2, 0.25) is 0 Å². The van der Waals surface area contributed by atoms with Gasteiger partial charge in [0.1, 0.15) is 5.75 Å². The van der Waals surface area contributed by atoms with E-state index in [9.17, 15) is 13.2 Å². The Bertz CT molecular complexity index is 1230. The van der Waals surface area contributed by atoms with Gasteiger partial charge in [-0.2, -0.15) is 0 Å². The number of methoxy groups -OCH3 is 1. The van der Waals surface area contributed by atoms with E-state index in [0.717, 1.165) is 16.8 Å². The van der Waals surface area contributed by atoms with Crippen molar-refractivity contribution >= 4 is 33.4 Å².